The van der Waals surface area contributed by atoms with Gasteiger partial charge in [-0.05, 0) is 78.0 Å². The molecule has 0 aromatic heterocycles. The Morgan fingerprint density at radius 2 is 1.83 bits per heavy atom. The average Bonchev–Trinajstić information content (AvgIpc) is 2.76. The molecule has 1 N–H and O–H groups in total. The first-order valence-electron chi connectivity index (χ1n) is 6.88. The molecule has 1 saturated heterocycles. The van der Waals surface area contributed by atoms with E-state index in [0.717, 1.165) is 13.2 Å². The fraction of sp³-hybridized carbons (Fsp3) is 0.600. The first kappa shape index (κ1) is 12.7. The summed E-state index contributed by atoms with van der Waals surface area (Å²) in [6, 6.07) is 9.39. The largest absolute Gasteiger partial charge is 0.382 e. The van der Waals surface area contributed by atoms with E-state index in [9.17, 15) is 0 Å². The smallest absolute Gasteiger partial charge is 0.0472 e. The Bertz CT molecular complexity index is 397. The second-order valence-electron chi connectivity index (χ2n) is 5.57. The Morgan fingerprint density at radius 3 is 2.56 bits per heavy atom. The van der Waals surface area contributed by atoms with Crippen LogP contribution in [0.2, 0.25) is 0 Å². The van der Waals surface area contributed by atoms with Gasteiger partial charge in [-0.15, -0.1) is 0 Å². The number of rotatable bonds is 2. The highest BCUT2D eigenvalue weighted by atomic mass is 127. The maximum absolute atomic E-state index is 5.54. The SMILES string of the molecule is Ic1ccc(NC2CCCC23CCOCC3)cc1. The van der Waals surface area contributed by atoms with Gasteiger partial charge in [0.05, 0.1) is 0 Å². The number of hydrogen-bond acceptors (Lipinski definition) is 2. The van der Waals surface area contributed by atoms with E-state index < -0.39 is 0 Å². The molecule has 1 aliphatic carbocycles. The lowest BCUT2D eigenvalue weighted by Crippen LogP contribution is -2.40. The third-order valence-corrected chi connectivity index (χ3v) is 5.30. The zero-order valence-electron chi connectivity index (χ0n) is 10.6. The Labute approximate surface area is 123 Å². The summed E-state index contributed by atoms with van der Waals surface area (Å²) in [6.45, 7) is 1.90. The third kappa shape index (κ3) is 2.52. The predicted octanol–water partition coefficient (Wildman–Crippen LogP) is 4.05. The summed E-state index contributed by atoms with van der Waals surface area (Å²) < 4.78 is 6.84. The van der Waals surface area contributed by atoms with Gasteiger partial charge in [-0.2, -0.15) is 0 Å². The van der Waals surface area contributed by atoms with Crippen molar-refractivity contribution >= 4 is 28.3 Å². The summed E-state index contributed by atoms with van der Waals surface area (Å²) in [5, 5.41) is 3.77. The molecule has 0 amide bonds. The van der Waals surface area contributed by atoms with Crippen LogP contribution in [0.1, 0.15) is 32.1 Å². The Balaban J connectivity index is 1.73. The molecule has 1 atom stereocenters. The van der Waals surface area contributed by atoms with E-state index >= 15 is 0 Å². The molecule has 0 radical (unpaired) electrons. The molecular weight excluding hydrogens is 337 g/mol. The van der Waals surface area contributed by atoms with Crippen LogP contribution in [0.3, 0.4) is 0 Å². The van der Waals surface area contributed by atoms with Gasteiger partial charge in [-0.3, -0.25) is 0 Å². The van der Waals surface area contributed by atoms with Crippen LogP contribution in [0.4, 0.5) is 5.69 Å². The molecule has 1 heterocycles. The molecule has 3 heteroatoms. The van der Waals surface area contributed by atoms with Crippen LogP contribution in [0.15, 0.2) is 24.3 Å². The van der Waals surface area contributed by atoms with Crippen molar-refractivity contribution in [2.24, 2.45) is 5.41 Å². The van der Waals surface area contributed by atoms with Crippen LogP contribution in [0.5, 0.6) is 0 Å². The maximum atomic E-state index is 5.54. The standard InChI is InChI=1S/C15H20INO/c16-12-3-5-13(6-4-12)17-14-2-1-7-15(14)8-10-18-11-9-15/h3-6,14,17H,1-2,7-11H2. The molecule has 18 heavy (non-hydrogen) atoms. The van der Waals surface area contributed by atoms with E-state index in [1.54, 1.807) is 0 Å². The van der Waals surface area contributed by atoms with Crippen LogP contribution in [-0.2, 0) is 4.74 Å². The zero-order chi connectivity index (χ0) is 12.4. The fourth-order valence-electron chi connectivity index (χ4n) is 3.49. The molecule has 2 nitrogen and oxygen atoms in total. The van der Waals surface area contributed by atoms with Crippen LogP contribution in [0, 0.1) is 8.99 Å². The molecular formula is C15H20INO. The number of anilines is 1. The molecule has 3 rings (SSSR count). The first-order valence-corrected chi connectivity index (χ1v) is 7.96. The number of benzene rings is 1. The molecule has 1 aromatic rings. The van der Waals surface area contributed by atoms with Gasteiger partial charge in [-0.25, -0.2) is 0 Å². The normalized spacial score (nSPS) is 26.4. The molecule has 0 bridgehead atoms. The number of halogens is 1. The zero-order valence-corrected chi connectivity index (χ0v) is 12.8. The van der Waals surface area contributed by atoms with Crippen molar-refractivity contribution < 1.29 is 4.74 Å². The van der Waals surface area contributed by atoms with Gasteiger partial charge in [0.2, 0.25) is 0 Å². The van der Waals surface area contributed by atoms with Gasteiger partial charge in [0.25, 0.3) is 0 Å². The van der Waals surface area contributed by atoms with E-state index in [1.807, 2.05) is 0 Å². The lowest BCUT2D eigenvalue weighted by Gasteiger charge is -2.39. The highest BCUT2D eigenvalue weighted by Gasteiger charge is 2.43. The Kier molecular flexibility index (Phi) is 3.80. The van der Waals surface area contributed by atoms with E-state index in [2.05, 4.69) is 52.2 Å². The highest BCUT2D eigenvalue weighted by Crippen LogP contribution is 2.47. The molecule has 1 aromatic carbocycles. The van der Waals surface area contributed by atoms with Crippen LogP contribution in [-0.4, -0.2) is 19.3 Å². The molecule has 1 unspecified atom stereocenters. The van der Waals surface area contributed by atoms with E-state index in [4.69, 9.17) is 4.74 Å². The predicted molar refractivity (Wildman–Crippen MR) is 82.9 cm³/mol. The minimum Gasteiger partial charge on any atom is -0.382 e. The fourth-order valence-corrected chi connectivity index (χ4v) is 3.85. The Morgan fingerprint density at radius 1 is 1.11 bits per heavy atom. The van der Waals surface area contributed by atoms with Crippen molar-refractivity contribution in [1.29, 1.82) is 0 Å². The molecule has 2 fully saturated rings. The van der Waals surface area contributed by atoms with Crippen molar-refractivity contribution in [2.45, 2.75) is 38.1 Å². The maximum Gasteiger partial charge on any atom is 0.0472 e. The van der Waals surface area contributed by atoms with Crippen molar-refractivity contribution in [3.8, 4) is 0 Å². The average molecular weight is 357 g/mol. The molecule has 98 valence electrons. The van der Waals surface area contributed by atoms with Gasteiger partial charge in [0.15, 0.2) is 0 Å². The third-order valence-electron chi connectivity index (χ3n) is 4.58. The summed E-state index contributed by atoms with van der Waals surface area (Å²) in [5.41, 5.74) is 1.77. The first-order chi connectivity index (χ1) is 8.78. The lowest BCUT2D eigenvalue weighted by atomic mass is 9.75. The molecule has 1 saturated carbocycles. The van der Waals surface area contributed by atoms with Gasteiger partial charge in [0, 0.05) is 28.5 Å². The Hall–Kier alpha value is -0.290. The van der Waals surface area contributed by atoms with Crippen LogP contribution < -0.4 is 5.32 Å². The van der Waals surface area contributed by atoms with Gasteiger partial charge >= 0.3 is 0 Å². The second-order valence-corrected chi connectivity index (χ2v) is 6.82. The van der Waals surface area contributed by atoms with Crippen molar-refractivity contribution in [3.05, 3.63) is 27.8 Å². The minimum absolute atomic E-state index is 0.501. The topological polar surface area (TPSA) is 21.3 Å². The monoisotopic (exact) mass is 357 g/mol. The molecule has 2 aliphatic rings. The highest BCUT2D eigenvalue weighted by molar-refractivity contribution is 14.1. The van der Waals surface area contributed by atoms with Crippen LogP contribution in [0.25, 0.3) is 0 Å². The van der Waals surface area contributed by atoms with E-state index in [-0.39, 0.29) is 0 Å². The van der Waals surface area contributed by atoms with E-state index in [1.165, 1.54) is 41.4 Å². The van der Waals surface area contributed by atoms with Gasteiger partial charge < -0.3 is 10.1 Å². The number of hydrogen-bond donors (Lipinski definition) is 1. The van der Waals surface area contributed by atoms with Crippen molar-refractivity contribution in [1.82, 2.24) is 0 Å². The molecule has 1 aliphatic heterocycles. The lowest BCUT2D eigenvalue weighted by molar-refractivity contribution is 0.0134. The minimum atomic E-state index is 0.501. The quantitative estimate of drug-likeness (QED) is 0.807. The summed E-state index contributed by atoms with van der Waals surface area (Å²) in [4.78, 5) is 0. The number of ether oxygens (including phenoxy) is 1. The molecule has 1 spiro atoms. The van der Waals surface area contributed by atoms with Gasteiger partial charge in [0.1, 0.15) is 0 Å². The van der Waals surface area contributed by atoms with Crippen LogP contribution >= 0.6 is 22.6 Å². The van der Waals surface area contributed by atoms with Crippen molar-refractivity contribution in [3.63, 3.8) is 0 Å². The van der Waals surface area contributed by atoms with E-state index in [0.29, 0.717) is 11.5 Å². The van der Waals surface area contributed by atoms with Crippen molar-refractivity contribution in [2.75, 3.05) is 18.5 Å². The second kappa shape index (κ2) is 5.37. The number of nitrogens with one attached hydrogen (secondary N) is 1. The summed E-state index contributed by atoms with van der Waals surface area (Å²) in [5.74, 6) is 0. The van der Waals surface area contributed by atoms with Gasteiger partial charge in [-0.1, -0.05) is 6.42 Å². The summed E-state index contributed by atoms with van der Waals surface area (Å²) in [6.07, 6.45) is 6.51. The summed E-state index contributed by atoms with van der Waals surface area (Å²) >= 11 is 2.35. The summed E-state index contributed by atoms with van der Waals surface area (Å²) in [7, 11) is 0.